The number of phenols is 1. The van der Waals surface area contributed by atoms with E-state index < -0.39 is 11.8 Å². The van der Waals surface area contributed by atoms with E-state index >= 15 is 0 Å². The lowest BCUT2D eigenvalue weighted by Crippen LogP contribution is -2.22. The van der Waals surface area contributed by atoms with E-state index in [1.807, 2.05) is 49.1 Å². The van der Waals surface area contributed by atoms with Gasteiger partial charge in [0, 0.05) is 59.0 Å². The van der Waals surface area contributed by atoms with Gasteiger partial charge < -0.3 is 19.6 Å². The lowest BCUT2D eigenvalue weighted by Gasteiger charge is -2.11. The molecular formula is C24H22N4O3. The third-order valence-corrected chi connectivity index (χ3v) is 5.71. The van der Waals surface area contributed by atoms with Crippen LogP contribution < -0.4 is 5.32 Å². The van der Waals surface area contributed by atoms with E-state index in [2.05, 4.69) is 15.2 Å². The number of amides is 2. The van der Waals surface area contributed by atoms with Crippen molar-refractivity contribution in [3.05, 3.63) is 66.0 Å². The predicted octanol–water partition coefficient (Wildman–Crippen LogP) is 2.96. The van der Waals surface area contributed by atoms with Gasteiger partial charge >= 0.3 is 0 Å². The first-order chi connectivity index (χ1) is 14.9. The maximum absolute atomic E-state index is 12.9. The number of nitrogens with zero attached hydrogens (tertiary/aromatic N) is 2. The molecule has 0 saturated heterocycles. The molecule has 0 unspecified atom stereocenters. The van der Waals surface area contributed by atoms with Gasteiger partial charge in [0.1, 0.15) is 5.75 Å². The summed E-state index contributed by atoms with van der Waals surface area (Å²) in [6, 6.07) is 12.8. The Labute approximate surface area is 178 Å². The summed E-state index contributed by atoms with van der Waals surface area (Å²) in [6.07, 6.45) is 3.67. The fraction of sp³-hybridized carbons (Fsp3) is 0.167. The summed E-state index contributed by atoms with van der Waals surface area (Å²) < 4.78 is 2.01. The Balaban J connectivity index is 1.77. The van der Waals surface area contributed by atoms with Crippen molar-refractivity contribution < 1.29 is 14.7 Å². The Morgan fingerprint density at radius 2 is 1.71 bits per heavy atom. The van der Waals surface area contributed by atoms with Gasteiger partial charge in [-0.15, -0.1) is 0 Å². The first-order valence-electron chi connectivity index (χ1n) is 10.1. The summed E-state index contributed by atoms with van der Waals surface area (Å²) >= 11 is 0. The number of carbonyl (C=O) groups excluding carboxylic acids is 2. The maximum atomic E-state index is 12.9. The minimum absolute atomic E-state index is 0.154. The number of aromatic amines is 1. The average Bonchev–Trinajstić information content (AvgIpc) is 3.39. The van der Waals surface area contributed by atoms with Crippen molar-refractivity contribution in [2.24, 2.45) is 0 Å². The number of aromatic nitrogens is 2. The zero-order valence-electron chi connectivity index (χ0n) is 17.3. The van der Waals surface area contributed by atoms with E-state index in [9.17, 15) is 14.7 Å². The van der Waals surface area contributed by atoms with Crippen molar-refractivity contribution in [1.82, 2.24) is 19.8 Å². The molecule has 0 bridgehead atoms. The second-order valence-electron chi connectivity index (χ2n) is 8.02. The second kappa shape index (κ2) is 7.14. The van der Waals surface area contributed by atoms with Crippen molar-refractivity contribution in [1.29, 1.82) is 0 Å². The number of hydrogen-bond acceptors (Lipinski definition) is 4. The number of imide groups is 1. The summed E-state index contributed by atoms with van der Waals surface area (Å²) in [6.45, 7) is 1.47. The minimum atomic E-state index is -0.412. The fourth-order valence-corrected chi connectivity index (χ4v) is 4.22. The molecule has 156 valence electrons. The van der Waals surface area contributed by atoms with Gasteiger partial charge in [0.05, 0.1) is 16.7 Å². The molecule has 1 aliphatic heterocycles. The van der Waals surface area contributed by atoms with Crippen LogP contribution in [0, 0.1) is 0 Å². The number of phenolic OH excluding ortho intramolecular Hbond substituents is 1. The Bertz CT molecular complexity index is 1390. The third-order valence-electron chi connectivity index (χ3n) is 5.71. The van der Waals surface area contributed by atoms with Crippen molar-refractivity contribution in [3.8, 4) is 5.75 Å². The van der Waals surface area contributed by atoms with Gasteiger partial charge in [-0.25, -0.2) is 0 Å². The molecule has 0 fully saturated rings. The van der Waals surface area contributed by atoms with Crippen LogP contribution in [0.1, 0.15) is 11.1 Å². The third kappa shape index (κ3) is 3.10. The lowest BCUT2D eigenvalue weighted by atomic mass is 9.95. The number of benzene rings is 2. The molecule has 2 aromatic heterocycles. The van der Waals surface area contributed by atoms with Crippen molar-refractivity contribution in [3.63, 3.8) is 0 Å². The van der Waals surface area contributed by atoms with Crippen LogP contribution in [0.15, 0.2) is 54.9 Å². The first kappa shape index (κ1) is 19.1. The van der Waals surface area contributed by atoms with Gasteiger partial charge in [0.2, 0.25) is 0 Å². The highest BCUT2D eigenvalue weighted by Gasteiger charge is 2.35. The number of likely N-dealkylation sites (N-methyl/N-ethyl adjacent to an activating group) is 1. The molecule has 2 amide bonds. The van der Waals surface area contributed by atoms with Crippen LogP contribution in [-0.4, -0.2) is 52.0 Å². The average molecular weight is 414 g/mol. The molecule has 7 nitrogen and oxygen atoms in total. The highest BCUT2D eigenvalue weighted by Crippen LogP contribution is 2.38. The van der Waals surface area contributed by atoms with E-state index in [1.54, 1.807) is 24.4 Å². The van der Waals surface area contributed by atoms with Crippen molar-refractivity contribution in [2.75, 3.05) is 20.6 Å². The Hall–Kier alpha value is -3.84. The second-order valence-corrected chi connectivity index (χ2v) is 8.02. The molecule has 3 N–H and O–H groups in total. The molecule has 3 heterocycles. The number of nitrogens with one attached hydrogen (secondary N) is 2. The van der Waals surface area contributed by atoms with E-state index in [4.69, 9.17) is 0 Å². The van der Waals surface area contributed by atoms with Crippen molar-refractivity contribution in [2.45, 2.75) is 6.54 Å². The fourth-order valence-electron chi connectivity index (χ4n) is 4.22. The van der Waals surface area contributed by atoms with Gasteiger partial charge in [-0.2, -0.15) is 0 Å². The smallest absolute Gasteiger partial charge is 0.259 e. The van der Waals surface area contributed by atoms with Crippen molar-refractivity contribution >= 4 is 44.8 Å². The van der Waals surface area contributed by atoms with E-state index in [0.29, 0.717) is 28.8 Å². The number of fused-ring (bicyclic) bond motifs is 2. The highest BCUT2D eigenvalue weighted by atomic mass is 16.3. The van der Waals surface area contributed by atoms with E-state index in [0.717, 1.165) is 28.4 Å². The van der Waals surface area contributed by atoms with E-state index in [-0.39, 0.29) is 5.75 Å². The number of carbonyl (C=O) groups is 2. The largest absolute Gasteiger partial charge is 0.508 e. The van der Waals surface area contributed by atoms with Crippen LogP contribution in [0.2, 0.25) is 0 Å². The predicted molar refractivity (Wildman–Crippen MR) is 120 cm³/mol. The lowest BCUT2D eigenvalue weighted by molar-refractivity contribution is -0.122. The normalized spacial score (nSPS) is 14.4. The summed E-state index contributed by atoms with van der Waals surface area (Å²) in [5.41, 5.74) is 3.81. The van der Waals surface area contributed by atoms with Crippen LogP contribution in [0.5, 0.6) is 5.75 Å². The summed E-state index contributed by atoms with van der Waals surface area (Å²) in [4.78, 5) is 31.1. The molecule has 0 radical (unpaired) electrons. The summed E-state index contributed by atoms with van der Waals surface area (Å²) in [7, 11) is 3.98. The Morgan fingerprint density at radius 1 is 0.968 bits per heavy atom. The zero-order valence-corrected chi connectivity index (χ0v) is 17.3. The first-order valence-corrected chi connectivity index (χ1v) is 10.1. The molecule has 1 aliphatic rings. The van der Waals surface area contributed by atoms with Gasteiger partial charge in [0.25, 0.3) is 11.8 Å². The van der Waals surface area contributed by atoms with Crippen LogP contribution in [-0.2, 0) is 16.1 Å². The van der Waals surface area contributed by atoms with Gasteiger partial charge in [-0.05, 0) is 32.3 Å². The van der Waals surface area contributed by atoms with Crippen LogP contribution in [0.3, 0.4) is 0 Å². The molecule has 31 heavy (non-hydrogen) atoms. The van der Waals surface area contributed by atoms with Gasteiger partial charge in [0.15, 0.2) is 0 Å². The molecule has 5 rings (SSSR count). The molecule has 4 aromatic rings. The molecule has 0 aliphatic carbocycles. The maximum Gasteiger partial charge on any atom is 0.259 e. The summed E-state index contributed by atoms with van der Waals surface area (Å²) in [5.74, 6) is -0.663. The number of para-hydroxylation sites is 1. The Kier molecular flexibility index (Phi) is 4.41. The zero-order chi connectivity index (χ0) is 21.7. The highest BCUT2D eigenvalue weighted by molar-refractivity contribution is 6.50. The quantitative estimate of drug-likeness (QED) is 0.438. The Morgan fingerprint density at radius 3 is 2.48 bits per heavy atom. The molecular weight excluding hydrogens is 392 g/mol. The van der Waals surface area contributed by atoms with Gasteiger partial charge in [-0.3, -0.25) is 14.9 Å². The SMILES string of the molecule is CN(C)CCn1cc(C2=C(c3c[nH]c4ccccc34)C(=O)NC2=O)c2ccc(O)cc21. The molecule has 0 saturated carbocycles. The van der Waals surface area contributed by atoms with Gasteiger partial charge in [-0.1, -0.05) is 18.2 Å². The number of hydrogen-bond donors (Lipinski definition) is 3. The number of H-pyrrole nitrogens is 1. The number of aromatic hydroxyl groups is 1. The minimum Gasteiger partial charge on any atom is -0.508 e. The van der Waals surface area contributed by atoms with Crippen LogP contribution in [0.25, 0.3) is 33.0 Å². The topological polar surface area (TPSA) is 90.4 Å². The molecule has 7 heteroatoms. The standard InChI is InChI=1S/C24H22N4O3/c1-27(2)9-10-28-13-18(16-8-7-14(29)11-20(16)28)22-21(23(30)26-24(22)31)17-12-25-19-6-4-3-5-15(17)19/h3-8,11-13,25,29H,9-10H2,1-2H3,(H,26,30,31). The monoisotopic (exact) mass is 414 g/mol. The van der Waals surface area contributed by atoms with Crippen LogP contribution in [0.4, 0.5) is 0 Å². The van der Waals surface area contributed by atoms with E-state index in [1.165, 1.54) is 0 Å². The molecule has 0 atom stereocenters. The summed E-state index contributed by atoms with van der Waals surface area (Å²) in [5, 5.41) is 14.2. The number of rotatable bonds is 5. The molecule has 2 aromatic carbocycles. The molecule has 0 spiro atoms. The van der Waals surface area contributed by atoms with Crippen LogP contribution >= 0.6 is 0 Å².